The third kappa shape index (κ3) is 3.75. The van der Waals surface area contributed by atoms with E-state index in [1.54, 1.807) is 29.9 Å². The summed E-state index contributed by atoms with van der Waals surface area (Å²) in [5.41, 5.74) is 4.32. The van der Waals surface area contributed by atoms with Crippen molar-refractivity contribution >= 4 is 28.7 Å². The van der Waals surface area contributed by atoms with E-state index in [0.29, 0.717) is 39.3 Å². The van der Waals surface area contributed by atoms with Gasteiger partial charge < -0.3 is 10.6 Å². The molecule has 0 aliphatic rings. The van der Waals surface area contributed by atoms with Crippen LogP contribution in [0.15, 0.2) is 55.0 Å². The third-order valence-electron chi connectivity index (χ3n) is 5.16. The fourth-order valence-corrected chi connectivity index (χ4v) is 3.41. The first kappa shape index (κ1) is 20.2. The molecule has 8 heteroatoms. The fraction of sp³-hybridized carbons (Fsp3) is 0.130. The Labute approximate surface area is 177 Å². The van der Waals surface area contributed by atoms with Crippen molar-refractivity contribution in [1.29, 1.82) is 0 Å². The van der Waals surface area contributed by atoms with Crippen molar-refractivity contribution in [2.24, 2.45) is 0 Å². The molecule has 0 radical (unpaired) electrons. The number of carbonyl (C=O) groups is 2. The first-order valence-electron chi connectivity index (χ1n) is 9.62. The second-order valence-corrected chi connectivity index (χ2v) is 7.14. The topological polar surface area (TPSA) is 88.4 Å². The van der Waals surface area contributed by atoms with E-state index in [9.17, 15) is 14.0 Å². The predicted molar refractivity (Wildman–Crippen MR) is 115 cm³/mol. The SMILES string of the molecule is CNC(=O)c1ccc(C)c(Nc2ncnn3cc(C(=O)c4ccc(F)cc4)c(C)c23)c1. The van der Waals surface area contributed by atoms with Crippen LogP contribution >= 0.6 is 0 Å². The van der Waals surface area contributed by atoms with Crippen molar-refractivity contribution in [2.75, 3.05) is 12.4 Å². The minimum atomic E-state index is -0.401. The molecule has 0 fully saturated rings. The highest BCUT2D eigenvalue weighted by Gasteiger charge is 2.20. The number of ketones is 1. The Morgan fingerprint density at radius 1 is 1.03 bits per heavy atom. The number of nitrogens with zero attached hydrogens (tertiary/aromatic N) is 3. The van der Waals surface area contributed by atoms with E-state index >= 15 is 0 Å². The molecule has 4 aromatic rings. The van der Waals surface area contributed by atoms with Crippen molar-refractivity contribution in [2.45, 2.75) is 13.8 Å². The van der Waals surface area contributed by atoms with Gasteiger partial charge in [0.1, 0.15) is 17.7 Å². The smallest absolute Gasteiger partial charge is 0.251 e. The summed E-state index contributed by atoms with van der Waals surface area (Å²) < 4.78 is 14.8. The summed E-state index contributed by atoms with van der Waals surface area (Å²) in [5, 5.41) is 10.1. The number of rotatable bonds is 5. The van der Waals surface area contributed by atoms with Gasteiger partial charge in [0.15, 0.2) is 11.6 Å². The highest BCUT2D eigenvalue weighted by Crippen LogP contribution is 2.28. The first-order chi connectivity index (χ1) is 14.9. The normalized spacial score (nSPS) is 10.8. The summed E-state index contributed by atoms with van der Waals surface area (Å²) in [7, 11) is 1.58. The van der Waals surface area contributed by atoms with Crippen molar-refractivity contribution in [3.05, 3.63) is 88.6 Å². The number of amides is 1. The van der Waals surface area contributed by atoms with Crippen LogP contribution in [0.5, 0.6) is 0 Å². The number of anilines is 2. The Hall–Kier alpha value is -4.07. The van der Waals surface area contributed by atoms with E-state index in [1.807, 2.05) is 19.9 Å². The molecule has 0 saturated carbocycles. The van der Waals surface area contributed by atoms with Crippen molar-refractivity contribution < 1.29 is 14.0 Å². The van der Waals surface area contributed by atoms with Crippen molar-refractivity contribution in [1.82, 2.24) is 19.9 Å². The van der Waals surface area contributed by atoms with Crippen LogP contribution in [0.2, 0.25) is 0 Å². The Balaban J connectivity index is 1.76. The molecule has 0 bridgehead atoms. The van der Waals surface area contributed by atoms with E-state index in [0.717, 1.165) is 5.56 Å². The van der Waals surface area contributed by atoms with Gasteiger partial charge in [0.2, 0.25) is 0 Å². The molecule has 2 aromatic carbocycles. The maximum Gasteiger partial charge on any atom is 0.251 e. The van der Waals surface area contributed by atoms with Gasteiger partial charge in [0.05, 0.1) is 0 Å². The molecule has 156 valence electrons. The average molecular weight is 417 g/mol. The molecule has 0 atom stereocenters. The predicted octanol–water partition coefficient (Wildman–Crippen LogP) is 3.82. The van der Waals surface area contributed by atoms with E-state index < -0.39 is 5.82 Å². The zero-order chi connectivity index (χ0) is 22.1. The lowest BCUT2D eigenvalue weighted by molar-refractivity contribution is 0.0962. The summed E-state index contributed by atoms with van der Waals surface area (Å²) in [5.74, 6) is -0.321. The lowest BCUT2D eigenvalue weighted by Crippen LogP contribution is -2.17. The molecular weight excluding hydrogens is 397 g/mol. The Morgan fingerprint density at radius 2 is 1.74 bits per heavy atom. The number of halogens is 1. The molecule has 0 aliphatic heterocycles. The minimum absolute atomic E-state index is 0.193. The monoisotopic (exact) mass is 417 g/mol. The van der Waals surface area contributed by atoms with Crippen LogP contribution in [-0.4, -0.2) is 33.3 Å². The van der Waals surface area contributed by atoms with E-state index in [1.165, 1.54) is 30.6 Å². The summed E-state index contributed by atoms with van der Waals surface area (Å²) in [6.07, 6.45) is 3.02. The average Bonchev–Trinajstić information content (AvgIpc) is 3.12. The van der Waals surface area contributed by atoms with Gasteiger partial charge >= 0.3 is 0 Å². The lowest BCUT2D eigenvalue weighted by atomic mass is 10.0. The Kier molecular flexibility index (Phi) is 5.21. The fourth-order valence-electron chi connectivity index (χ4n) is 3.41. The van der Waals surface area contributed by atoms with Crippen LogP contribution < -0.4 is 10.6 Å². The van der Waals surface area contributed by atoms with Crippen LogP contribution in [0, 0.1) is 19.7 Å². The summed E-state index contributed by atoms with van der Waals surface area (Å²) in [6, 6.07) is 10.8. The number of fused-ring (bicyclic) bond motifs is 1. The number of carbonyl (C=O) groups excluding carboxylic acids is 2. The van der Waals surface area contributed by atoms with Crippen molar-refractivity contribution in [3.8, 4) is 0 Å². The van der Waals surface area contributed by atoms with Crippen LogP contribution in [0.1, 0.15) is 37.4 Å². The molecule has 2 N–H and O–H groups in total. The van der Waals surface area contributed by atoms with Gasteiger partial charge in [-0.05, 0) is 61.4 Å². The Morgan fingerprint density at radius 3 is 2.45 bits per heavy atom. The van der Waals surface area contributed by atoms with Gasteiger partial charge in [-0.15, -0.1) is 0 Å². The number of hydrogen-bond donors (Lipinski definition) is 2. The quantitative estimate of drug-likeness (QED) is 0.482. The molecule has 31 heavy (non-hydrogen) atoms. The highest BCUT2D eigenvalue weighted by molar-refractivity contribution is 6.11. The maximum absolute atomic E-state index is 13.2. The molecule has 2 heterocycles. The van der Waals surface area contributed by atoms with Gasteiger partial charge in [0.25, 0.3) is 5.91 Å². The van der Waals surface area contributed by atoms with Crippen LogP contribution in [-0.2, 0) is 0 Å². The van der Waals surface area contributed by atoms with E-state index in [4.69, 9.17) is 0 Å². The maximum atomic E-state index is 13.2. The molecule has 0 unspecified atom stereocenters. The standard InChI is InChI=1S/C23H20FN5O2/c1-13-4-5-16(23(31)25-3)10-19(13)28-22-20-14(2)18(11-29(20)27-12-26-22)21(30)15-6-8-17(24)9-7-15/h4-12H,1-3H3,(H,25,31)(H,26,27,28). The minimum Gasteiger partial charge on any atom is -0.355 e. The van der Waals surface area contributed by atoms with Gasteiger partial charge in [-0.25, -0.2) is 13.9 Å². The van der Waals surface area contributed by atoms with Gasteiger partial charge in [-0.2, -0.15) is 5.10 Å². The van der Waals surface area contributed by atoms with E-state index in [-0.39, 0.29) is 11.7 Å². The highest BCUT2D eigenvalue weighted by atomic mass is 19.1. The second-order valence-electron chi connectivity index (χ2n) is 7.14. The molecule has 7 nitrogen and oxygen atoms in total. The summed E-state index contributed by atoms with van der Waals surface area (Å²) in [4.78, 5) is 29.3. The molecule has 4 rings (SSSR count). The van der Waals surface area contributed by atoms with Crippen LogP contribution in [0.4, 0.5) is 15.9 Å². The van der Waals surface area contributed by atoms with Gasteiger partial charge in [-0.1, -0.05) is 6.07 Å². The summed E-state index contributed by atoms with van der Waals surface area (Å²) >= 11 is 0. The zero-order valence-electron chi connectivity index (χ0n) is 17.2. The molecular formula is C23H20FN5O2. The van der Waals surface area contributed by atoms with Gasteiger partial charge in [0, 0.05) is 35.6 Å². The molecule has 0 saturated heterocycles. The zero-order valence-corrected chi connectivity index (χ0v) is 17.2. The largest absolute Gasteiger partial charge is 0.355 e. The van der Waals surface area contributed by atoms with Crippen LogP contribution in [0.3, 0.4) is 0 Å². The number of nitrogens with one attached hydrogen (secondary N) is 2. The number of aromatic nitrogens is 3. The molecule has 0 spiro atoms. The lowest BCUT2D eigenvalue weighted by Gasteiger charge is -2.12. The number of hydrogen-bond acceptors (Lipinski definition) is 5. The third-order valence-corrected chi connectivity index (χ3v) is 5.16. The summed E-state index contributed by atoms with van der Waals surface area (Å²) in [6.45, 7) is 3.73. The Bertz CT molecular complexity index is 1310. The van der Waals surface area contributed by atoms with E-state index in [2.05, 4.69) is 20.7 Å². The van der Waals surface area contributed by atoms with Crippen molar-refractivity contribution in [3.63, 3.8) is 0 Å². The molecule has 2 aromatic heterocycles. The van der Waals surface area contributed by atoms with Gasteiger partial charge in [-0.3, -0.25) is 9.59 Å². The number of benzene rings is 2. The molecule has 1 amide bonds. The first-order valence-corrected chi connectivity index (χ1v) is 9.62. The van der Waals surface area contributed by atoms with Crippen LogP contribution in [0.25, 0.3) is 5.52 Å². The number of aryl methyl sites for hydroxylation is 2. The second kappa shape index (κ2) is 7.98. The molecule has 0 aliphatic carbocycles.